The van der Waals surface area contributed by atoms with Crippen molar-refractivity contribution < 1.29 is 9.53 Å². The molecule has 16 heavy (non-hydrogen) atoms. The zero-order valence-electron chi connectivity index (χ0n) is 10.4. The molecular formula is C14H24O2. The number of ether oxygens (including phenoxy) is 1. The minimum Gasteiger partial charge on any atom is -0.370 e. The first-order valence-corrected chi connectivity index (χ1v) is 6.98. The van der Waals surface area contributed by atoms with E-state index in [1.54, 1.807) is 0 Å². The van der Waals surface area contributed by atoms with Crippen molar-refractivity contribution in [2.75, 3.05) is 6.61 Å². The number of Topliss-reactive ketones (excluding diaryl/α,β-unsaturated/α-hetero) is 1. The van der Waals surface area contributed by atoms with Crippen LogP contribution in [0.2, 0.25) is 0 Å². The van der Waals surface area contributed by atoms with Crippen molar-refractivity contribution in [1.82, 2.24) is 0 Å². The molecule has 0 aliphatic heterocycles. The Morgan fingerprint density at radius 1 is 1.12 bits per heavy atom. The number of rotatable bonds is 5. The monoisotopic (exact) mass is 224 g/mol. The summed E-state index contributed by atoms with van der Waals surface area (Å²) in [5.41, 5.74) is 0. The molecule has 2 saturated carbocycles. The fourth-order valence-corrected chi connectivity index (χ4v) is 2.99. The Labute approximate surface area is 98.7 Å². The van der Waals surface area contributed by atoms with Crippen molar-refractivity contribution in [1.29, 1.82) is 0 Å². The van der Waals surface area contributed by atoms with E-state index in [1.807, 2.05) is 6.92 Å². The summed E-state index contributed by atoms with van der Waals surface area (Å²) in [6.45, 7) is 2.68. The van der Waals surface area contributed by atoms with Crippen LogP contribution in [-0.4, -0.2) is 18.5 Å². The van der Waals surface area contributed by atoms with E-state index in [9.17, 15) is 4.79 Å². The molecule has 2 heteroatoms. The standard InChI is InChI=1S/C14H24O2/c1-2-16-14(12-7-4-3-5-8-12)13(15)11-9-6-10-11/h11-12,14H,2-10H2,1H3. The van der Waals surface area contributed by atoms with Gasteiger partial charge < -0.3 is 4.74 Å². The van der Waals surface area contributed by atoms with Crippen molar-refractivity contribution in [3.05, 3.63) is 0 Å². The summed E-state index contributed by atoms with van der Waals surface area (Å²) >= 11 is 0. The first-order chi connectivity index (χ1) is 7.83. The molecular weight excluding hydrogens is 200 g/mol. The van der Waals surface area contributed by atoms with Gasteiger partial charge in [-0.1, -0.05) is 25.7 Å². The third kappa shape index (κ3) is 2.65. The quantitative estimate of drug-likeness (QED) is 0.716. The van der Waals surface area contributed by atoms with Gasteiger partial charge in [-0.05, 0) is 38.5 Å². The van der Waals surface area contributed by atoms with Crippen molar-refractivity contribution in [2.24, 2.45) is 11.8 Å². The molecule has 0 radical (unpaired) electrons. The summed E-state index contributed by atoms with van der Waals surface area (Å²) in [4.78, 5) is 12.3. The van der Waals surface area contributed by atoms with E-state index in [1.165, 1.54) is 38.5 Å². The van der Waals surface area contributed by atoms with Crippen LogP contribution in [0.3, 0.4) is 0 Å². The van der Waals surface area contributed by atoms with E-state index in [-0.39, 0.29) is 6.10 Å². The van der Waals surface area contributed by atoms with Crippen LogP contribution in [0.1, 0.15) is 58.3 Å². The number of carbonyl (C=O) groups excluding carboxylic acids is 1. The Hall–Kier alpha value is -0.370. The fraction of sp³-hybridized carbons (Fsp3) is 0.929. The molecule has 1 atom stereocenters. The smallest absolute Gasteiger partial charge is 0.164 e. The molecule has 2 fully saturated rings. The molecule has 92 valence electrons. The van der Waals surface area contributed by atoms with E-state index >= 15 is 0 Å². The molecule has 2 rings (SSSR count). The van der Waals surface area contributed by atoms with Crippen molar-refractivity contribution in [3.63, 3.8) is 0 Å². The largest absolute Gasteiger partial charge is 0.370 e. The lowest BCUT2D eigenvalue weighted by Gasteiger charge is -2.34. The van der Waals surface area contributed by atoms with Crippen molar-refractivity contribution in [3.8, 4) is 0 Å². The molecule has 0 heterocycles. The summed E-state index contributed by atoms with van der Waals surface area (Å²) in [7, 11) is 0. The second kappa shape index (κ2) is 5.81. The van der Waals surface area contributed by atoms with Crippen LogP contribution in [-0.2, 0) is 9.53 Å². The van der Waals surface area contributed by atoms with Crippen molar-refractivity contribution >= 4 is 5.78 Å². The molecule has 0 aromatic heterocycles. The van der Waals surface area contributed by atoms with Gasteiger partial charge in [-0.15, -0.1) is 0 Å². The second-order valence-corrected chi connectivity index (χ2v) is 5.30. The van der Waals surface area contributed by atoms with Gasteiger partial charge in [0.1, 0.15) is 6.10 Å². The lowest BCUT2D eigenvalue weighted by atomic mass is 9.75. The van der Waals surface area contributed by atoms with E-state index in [2.05, 4.69) is 0 Å². The molecule has 0 N–H and O–H groups in total. The zero-order valence-corrected chi connectivity index (χ0v) is 10.4. The number of hydrogen-bond acceptors (Lipinski definition) is 2. The van der Waals surface area contributed by atoms with E-state index in [4.69, 9.17) is 4.74 Å². The van der Waals surface area contributed by atoms with Crippen LogP contribution < -0.4 is 0 Å². The van der Waals surface area contributed by atoms with Gasteiger partial charge in [0, 0.05) is 12.5 Å². The Balaban J connectivity index is 1.93. The molecule has 0 amide bonds. The lowest BCUT2D eigenvalue weighted by molar-refractivity contribution is -0.141. The van der Waals surface area contributed by atoms with Gasteiger partial charge in [0.15, 0.2) is 5.78 Å². The van der Waals surface area contributed by atoms with Gasteiger partial charge in [-0.25, -0.2) is 0 Å². The van der Waals surface area contributed by atoms with E-state index in [0.717, 1.165) is 12.8 Å². The SMILES string of the molecule is CCOC(C(=O)C1CCC1)C1CCCCC1. The first kappa shape index (κ1) is 12.1. The Morgan fingerprint density at radius 3 is 2.31 bits per heavy atom. The number of carbonyl (C=O) groups is 1. The van der Waals surface area contributed by atoms with E-state index < -0.39 is 0 Å². The molecule has 2 aliphatic rings. The van der Waals surface area contributed by atoms with Crippen LogP contribution >= 0.6 is 0 Å². The Bertz CT molecular complexity index is 227. The molecule has 0 spiro atoms. The summed E-state index contributed by atoms with van der Waals surface area (Å²) < 4.78 is 5.75. The van der Waals surface area contributed by atoms with Crippen LogP contribution in [0.15, 0.2) is 0 Å². The van der Waals surface area contributed by atoms with Gasteiger partial charge >= 0.3 is 0 Å². The lowest BCUT2D eigenvalue weighted by Crippen LogP contribution is -2.40. The summed E-state index contributed by atoms with van der Waals surface area (Å²) in [5, 5.41) is 0. The molecule has 1 unspecified atom stereocenters. The average Bonchev–Trinajstić information content (AvgIpc) is 2.24. The highest BCUT2D eigenvalue weighted by Gasteiger charge is 2.36. The topological polar surface area (TPSA) is 26.3 Å². The summed E-state index contributed by atoms with van der Waals surface area (Å²) in [5.74, 6) is 1.26. The Morgan fingerprint density at radius 2 is 1.81 bits per heavy atom. The van der Waals surface area contributed by atoms with Gasteiger partial charge in [0.05, 0.1) is 0 Å². The van der Waals surface area contributed by atoms with Crippen LogP contribution in [0.4, 0.5) is 0 Å². The van der Waals surface area contributed by atoms with Gasteiger partial charge in [0.2, 0.25) is 0 Å². The third-order valence-corrected chi connectivity index (χ3v) is 4.21. The second-order valence-electron chi connectivity index (χ2n) is 5.30. The minimum atomic E-state index is -0.0735. The zero-order chi connectivity index (χ0) is 11.4. The highest BCUT2D eigenvalue weighted by Crippen LogP contribution is 2.34. The maximum Gasteiger partial charge on any atom is 0.164 e. The fourth-order valence-electron chi connectivity index (χ4n) is 2.99. The molecule has 0 saturated heterocycles. The molecule has 2 aliphatic carbocycles. The van der Waals surface area contributed by atoms with Crippen LogP contribution in [0.5, 0.6) is 0 Å². The molecule has 0 aromatic carbocycles. The number of hydrogen-bond donors (Lipinski definition) is 0. The molecule has 0 aromatic rings. The van der Waals surface area contributed by atoms with Gasteiger partial charge in [-0.3, -0.25) is 4.79 Å². The molecule has 2 nitrogen and oxygen atoms in total. The van der Waals surface area contributed by atoms with Crippen molar-refractivity contribution in [2.45, 2.75) is 64.4 Å². The predicted octanol–water partition coefficient (Wildman–Crippen LogP) is 3.34. The number of ketones is 1. The third-order valence-electron chi connectivity index (χ3n) is 4.21. The van der Waals surface area contributed by atoms with Crippen LogP contribution in [0, 0.1) is 11.8 Å². The normalized spacial score (nSPS) is 25.1. The van der Waals surface area contributed by atoms with E-state index in [0.29, 0.717) is 24.2 Å². The maximum atomic E-state index is 12.3. The first-order valence-electron chi connectivity index (χ1n) is 6.98. The maximum absolute atomic E-state index is 12.3. The van der Waals surface area contributed by atoms with Gasteiger partial charge in [0.25, 0.3) is 0 Å². The minimum absolute atomic E-state index is 0.0735. The van der Waals surface area contributed by atoms with Crippen LogP contribution in [0.25, 0.3) is 0 Å². The summed E-state index contributed by atoms with van der Waals surface area (Å²) in [6, 6.07) is 0. The average molecular weight is 224 g/mol. The van der Waals surface area contributed by atoms with Gasteiger partial charge in [-0.2, -0.15) is 0 Å². The molecule has 0 bridgehead atoms. The Kier molecular flexibility index (Phi) is 4.39. The highest BCUT2D eigenvalue weighted by atomic mass is 16.5. The predicted molar refractivity (Wildman–Crippen MR) is 64.3 cm³/mol. The summed E-state index contributed by atoms with van der Waals surface area (Å²) in [6.07, 6.45) is 9.68. The highest BCUT2D eigenvalue weighted by molar-refractivity contribution is 5.86.